The minimum Gasteiger partial charge on any atom is -0.477 e. The molecule has 120 valence electrons. The second kappa shape index (κ2) is 6.79. The van der Waals surface area contributed by atoms with Crippen molar-refractivity contribution in [1.29, 1.82) is 0 Å². The van der Waals surface area contributed by atoms with Crippen molar-refractivity contribution in [3.63, 3.8) is 0 Å². The average Bonchev–Trinajstić information content (AvgIpc) is 2.96. The number of carbonyl (C=O) groups excluding carboxylic acids is 2. The summed E-state index contributed by atoms with van der Waals surface area (Å²) in [4.78, 5) is 46.0. The van der Waals surface area contributed by atoms with E-state index in [0.29, 0.717) is 5.82 Å². The fraction of sp³-hybridized carbons (Fsp3) is 0.167. The molecule has 10 nitrogen and oxygen atoms in total. The summed E-state index contributed by atoms with van der Waals surface area (Å²) in [5.74, 6) is -1.89. The topological polar surface area (TPSA) is 143 Å². The zero-order valence-corrected chi connectivity index (χ0v) is 12.8. The van der Waals surface area contributed by atoms with Crippen molar-refractivity contribution in [2.45, 2.75) is 6.92 Å². The van der Waals surface area contributed by atoms with Gasteiger partial charge in [0.2, 0.25) is 5.95 Å². The van der Waals surface area contributed by atoms with Gasteiger partial charge in [0.15, 0.2) is 0 Å². The molecule has 2 aromatic rings. The highest BCUT2D eigenvalue weighted by molar-refractivity contribution is 7.12. The van der Waals surface area contributed by atoms with Crippen LogP contribution in [-0.4, -0.2) is 45.1 Å². The third-order valence-electron chi connectivity index (χ3n) is 2.47. The van der Waals surface area contributed by atoms with E-state index < -0.39 is 17.9 Å². The van der Waals surface area contributed by atoms with Crippen molar-refractivity contribution in [1.82, 2.24) is 20.3 Å². The van der Waals surface area contributed by atoms with Gasteiger partial charge in [-0.3, -0.25) is 15.4 Å². The largest absolute Gasteiger partial charge is 0.477 e. The highest BCUT2D eigenvalue weighted by Crippen LogP contribution is 2.16. The number of ether oxygens (including phenoxy) is 1. The summed E-state index contributed by atoms with van der Waals surface area (Å²) in [6.07, 6.45) is 0. The Balaban J connectivity index is 2.07. The summed E-state index contributed by atoms with van der Waals surface area (Å²) in [5.41, 5.74) is -0.109. The number of nitrogens with zero attached hydrogens (tertiary/aromatic N) is 3. The maximum Gasteiger partial charge on any atom is 0.346 e. The van der Waals surface area contributed by atoms with E-state index in [0.717, 1.165) is 11.3 Å². The fourth-order valence-corrected chi connectivity index (χ4v) is 2.29. The fourth-order valence-electron chi connectivity index (χ4n) is 1.56. The number of carbonyl (C=O) groups is 3. The molecular weight excluding hydrogens is 326 g/mol. The number of thiophene rings is 1. The predicted molar refractivity (Wildman–Crippen MR) is 78.9 cm³/mol. The van der Waals surface area contributed by atoms with Crippen LogP contribution in [0.5, 0.6) is 6.01 Å². The number of anilines is 1. The van der Waals surface area contributed by atoms with Crippen molar-refractivity contribution in [3.8, 4) is 6.01 Å². The quantitative estimate of drug-likeness (QED) is 0.747. The first kappa shape index (κ1) is 16.3. The SMILES string of the molecule is COc1nc(C)nc(NC(=O)NC(=O)c2ccsc2C(=O)O)n1. The van der Waals surface area contributed by atoms with Gasteiger partial charge >= 0.3 is 18.0 Å². The maximum absolute atomic E-state index is 11.9. The first-order valence-corrected chi connectivity index (χ1v) is 6.98. The van der Waals surface area contributed by atoms with Crippen LogP contribution in [0.1, 0.15) is 25.9 Å². The Morgan fingerprint density at radius 3 is 2.65 bits per heavy atom. The van der Waals surface area contributed by atoms with Gasteiger partial charge in [-0.2, -0.15) is 15.0 Å². The second-order valence-corrected chi connectivity index (χ2v) is 4.99. The molecule has 2 rings (SSSR count). The Bertz CT molecular complexity index is 775. The molecule has 3 N–H and O–H groups in total. The summed E-state index contributed by atoms with van der Waals surface area (Å²) in [7, 11) is 1.35. The molecule has 0 saturated heterocycles. The molecule has 0 aliphatic rings. The lowest BCUT2D eigenvalue weighted by molar-refractivity contribution is 0.0696. The number of amides is 3. The molecule has 0 aromatic carbocycles. The van der Waals surface area contributed by atoms with Crippen LogP contribution in [0, 0.1) is 6.92 Å². The van der Waals surface area contributed by atoms with Crippen molar-refractivity contribution < 1.29 is 24.2 Å². The standard InChI is InChI=1S/C12H11N5O5S/c1-5-13-10(17-12(14-5)22-2)16-11(21)15-8(18)6-3-4-23-7(6)9(19)20/h3-4H,1-2H3,(H,19,20)(H2,13,14,15,16,17,18,21). The molecule has 0 fully saturated rings. The van der Waals surface area contributed by atoms with Gasteiger partial charge in [0.05, 0.1) is 12.7 Å². The van der Waals surface area contributed by atoms with Crippen LogP contribution in [-0.2, 0) is 0 Å². The molecule has 0 saturated carbocycles. The Kier molecular flexibility index (Phi) is 4.81. The number of aryl methyl sites for hydroxylation is 1. The molecule has 0 bridgehead atoms. The first-order valence-electron chi connectivity index (χ1n) is 6.10. The molecule has 0 radical (unpaired) electrons. The van der Waals surface area contributed by atoms with E-state index in [1.54, 1.807) is 6.92 Å². The number of carboxylic acid groups (broad SMARTS) is 1. The Morgan fingerprint density at radius 2 is 2.00 bits per heavy atom. The lowest BCUT2D eigenvalue weighted by Gasteiger charge is -2.06. The molecule has 3 amide bonds. The van der Waals surface area contributed by atoms with Crippen LogP contribution in [0.15, 0.2) is 11.4 Å². The number of rotatable bonds is 4. The van der Waals surface area contributed by atoms with E-state index in [2.05, 4.69) is 20.3 Å². The van der Waals surface area contributed by atoms with E-state index in [1.165, 1.54) is 18.6 Å². The molecule has 2 aromatic heterocycles. The predicted octanol–water partition coefficient (Wildman–Crippen LogP) is 0.910. The third kappa shape index (κ3) is 3.97. The van der Waals surface area contributed by atoms with Crippen molar-refractivity contribution in [3.05, 3.63) is 27.7 Å². The van der Waals surface area contributed by atoms with E-state index in [1.807, 2.05) is 5.32 Å². The van der Waals surface area contributed by atoms with E-state index in [9.17, 15) is 14.4 Å². The number of aromatic nitrogens is 3. The molecular formula is C12H11N5O5S. The maximum atomic E-state index is 11.9. The molecule has 2 heterocycles. The highest BCUT2D eigenvalue weighted by Gasteiger charge is 2.20. The number of imide groups is 1. The van der Waals surface area contributed by atoms with Gasteiger partial charge in [0.25, 0.3) is 5.91 Å². The van der Waals surface area contributed by atoms with Crippen LogP contribution in [0.3, 0.4) is 0 Å². The minimum absolute atomic E-state index is 0.00474. The lowest BCUT2D eigenvalue weighted by Crippen LogP contribution is -2.35. The molecule has 0 unspecified atom stereocenters. The van der Waals surface area contributed by atoms with Gasteiger partial charge in [-0.15, -0.1) is 11.3 Å². The Labute approximate surface area is 133 Å². The zero-order valence-electron chi connectivity index (χ0n) is 12.0. The number of urea groups is 1. The number of hydrogen-bond acceptors (Lipinski definition) is 8. The smallest absolute Gasteiger partial charge is 0.346 e. The summed E-state index contributed by atoms with van der Waals surface area (Å²) in [5, 5.41) is 14.6. The van der Waals surface area contributed by atoms with Crippen molar-refractivity contribution in [2.75, 3.05) is 12.4 Å². The Morgan fingerprint density at radius 1 is 1.26 bits per heavy atom. The number of carboxylic acids is 1. The van der Waals surface area contributed by atoms with E-state index >= 15 is 0 Å². The van der Waals surface area contributed by atoms with E-state index in [-0.39, 0.29) is 22.4 Å². The molecule has 11 heteroatoms. The molecule has 0 spiro atoms. The van der Waals surface area contributed by atoms with Crippen LogP contribution >= 0.6 is 11.3 Å². The highest BCUT2D eigenvalue weighted by atomic mass is 32.1. The summed E-state index contributed by atoms with van der Waals surface area (Å²) in [6, 6.07) is 0.405. The zero-order chi connectivity index (χ0) is 17.0. The first-order chi connectivity index (χ1) is 10.9. The van der Waals surface area contributed by atoms with Crippen molar-refractivity contribution in [2.24, 2.45) is 0 Å². The molecule has 0 aliphatic heterocycles. The van der Waals surface area contributed by atoms with Gasteiger partial charge in [0, 0.05) is 0 Å². The summed E-state index contributed by atoms with van der Waals surface area (Å²) < 4.78 is 4.83. The molecule has 0 aliphatic carbocycles. The number of nitrogens with one attached hydrogen (secondary N) is 2. The summed E-state index contributed by atoms with van der Waals surface area (Å²) in [6.45, 7) is 1.57. The molecule has 0 atom stereocenters. The van der Waals surface area contributed by atoms with Crippen LogP contribution < -0.4 is 15.4 Å². The summed E-state index contributed by atoms with van der Waals surface area (Å²) >= 11 is 0.882. The normalized spacial score (nSPS) is 10.0. The van der Waals surface area contributed by atoms with Crippen molar-refractivity contribution >= 4 is 35.2 Å². The molecule has 23 heavy (non-hydrogen) atoms. The Hall–Kier alpha value is -3.08. The van der Waals surface area contributed by atoms with Gasteiger partial charge in [-0.05, 0) is 18.4 Å². The monoisotopic (exact) mass is 337 g/mol. The van der Waals surface area contributed by atoms with E-state index in [4.69, 9.17) is 9.84 Å². The minimum atomic E-state index is -1.25. The van der Waals surface area contributed by atoms with Gasteiger partial charge in [-0.1, -0.05) is 0 Å². The van der Waals surface area contributed by atoms with Gasteiger partial charge in [0.1, 0.15) is 10.7 Å². The lowest BCUT2D eigenvalue weighted by atomic mass is 10.2. The van der Waals surface area contributed by atoms with Gasteiger partial charge < -0.3 is 9.84 Å². The van der Waals surface area contributed by atoms with Crippen LogP contribution in [0.2, 0.25) is 0 Å². The van der Waals surface area contributed by atoms with Crippen LogP contribution in [0.4, 0.5) is 10.7 Å². The van der Waals surface area contributed by atoms with Crippen LogP contribution in [0.25, 0.3) is 0 Å². The number of hydrogen-bond donors (Lipinski definition) is 3. The number of methoxy groups -OCH3 is 1. The number of aromatic carboxylic acids is 1. The third-order valence-corrected chi connectivity index (χ3v) is 3.37. The second-order valence-electron chi connectivity index (χ2n) is 4.07. The average molecular weight is 337 g/mol. The van der Waals surface area contributed by atoms with Gasteiger partial charge in [-0.25, -0.2) is 9.59 Å².